The molecule has 0 saturated carbocycles. The number of aliphatic hydroxyl groups excluding tert-OH is 4. The number of hydrogen-bond acceptors (Lipinski definition) is 7. The van der Waals surface area contributed by atoms with E-state index in [0.29, 0.717) is 34.8 Å². The lowest BCUT2D eigenvalue weighted by Gasteiger charge is -2.40. The molecule has 0 unspecified atom stereocenters. The Bertz CT molecular complexity index is 934. The Morgan fingerprint density at radius 1 is 1.06 bits per heavy atom. The molecule has 0 bridgehead atoms. The lowest BCUT2D eigenvalue weighted by Crippen LogP contribution is -2.55. The first-order valence-corrected chi connectivity index (χ1v) is 10.3. The van der Waals surface area contributed by atoms with Gasteiger partial charge in [-0.2, -0.15) is 5.26 Å². The molecule has 0 radical (unpaired) electrons. The summed E-state index contributed by atoms with van der Waals surface area (Å²) in [6, 6.07) is 13.7. The number of ether oxygens (including phenoxy) is 2. The molecule has 1 aliphatic rings. The quantitative estimate of drug-likeness (QED) is 0.554. The van der Waals surface area contributed by atoms with Gasteiger partial charge in [0.1, 0.15) is 42.3 Å². The highest BCUT2D eigenvalue weighted by Gasteiger charge is 2.44. The average molecular weight is 427 g/mol. The van der Waals surface area contributed by atoms with Crippen LogP contribution in [-0.4, -0.2) is 58.6 Å². The minimum absolute atomic E-state index is 0.325. The van der Waals surface area contributed by atoms with Gasteiger partial charge >= 0.3 is 0 Å². The molecule has 7 nitrogen and oxygen atoms in total. The van der Waals surface area contributed by atoms with Crippen LogP contribution >= 0.6 is 0 Å². The summed E-state index contributed by atoms with van der Waals surface area (Å²) in [7, 11) is 1.45. The largest absolute Gasteiger partial charge is 0.495 e. The van der Waals surface area contributed by atoms with Crippen LogP contribution in [0.2, 0.25) is 0 Å². The molecule has 7 heteroatoms. The summed E-state index contributed by atoms with van der Waals surface area (Å²) in [4.78, 5) is 0. The second kappa shape index (κ2) is 9.77. The van der Waals surface area contributed by atoms with Crippen LogP contribution in [-0.2, 0) is 11.2 Å². The van der Waals surface area contributed by atoms with Crippen molar-refractivity contribution in [3.05, 3.63) is 64.2 Å². The zero-order valence-electron chi connectivity index (χ0n) is 17.9. The van der Waals surface area contributed by atoms with Crippen LogP contribution < -0.4 is 4.74 Å². The van der Waals surface area contributed by atoms with Crippen molar-refractivity contribution in [3.8, 4) is 11.8 Å². The molecule has 31 heavy (non-hydrogen) atoms. The Labute approximate surface area is 182 Å². The maximum absolute atomic E-state index is 10.5. The molecule has 5 atom stereocenters. The van der Waals surface area contributed by atoms with Gasteiger partial charge in [-0.25, -0.2) is 0 Å². The van der Waals surface area contributed by atoms with Gasteiger partial charge in [0, 0.05) is 0 Å². The lowest BCUT2D eigenvalue weighted by molar-refractivity contribution is -0.231. The third-order valence-corrected chi connectivity index (χ3v) is 5.80. The smallest absolute Gasteiger partial charge is 0.137 e. The maximum Gasteiger partial charge on any atom is 0.137 e. The van der Waals surface area contributed by atoms with Crippen LogP contribution in [0.1, 0.15) is 53.7 Å². The minimum Gasteiger partial charge on any atom is -0.495 e. The van der Waals surface area contributed by atoms with Crippen molar-refractivity contribution in [1.82, 2.24) is 0 Å². The van der Waals surface area contributed by atoms with Gasteiger partial charge in [0.15, 0.2) is 0 Å². The number of nitriles is 1. The van der Waals surface area contributed by atoms with E-state index in [9.17, 15) is 25.7 Å². The standard InChI is InChI=1S/C24H29NO6/c1-13(2)15-6-4-14(5-7-15)8-16-9-17(10-19(30-3)18(16)11-25)24-23(29)22(28)21(27)20(12-26)31-24/h4-7,9-10,13,20-24,26-29H,8,12H2,1-3H3/t20-,21-,22+,23-,24+/m1/s1. The first-order valence-electron chi connectivity index (χ1n) is 10.3. The lowest BCUT2D eigenvalue weighted by atomic mass is 9.88. The van der Waals surface area contributed by atoms with Crippen molar-refractivity contribution in [3.63, 3.8) is 0 Å². The predicted molar refractivity (Wildman–Crippen MR) is 114 cm³/mol. The first kappa shape index (κ1) is 23.2. The van der Waals surface area contributed by atoms with Gasteiger partial charge in [-0.05, 0) is 40.7 Å². The van der Waals surface area contributed by atoms with Gasteiger partial charge in [-0.1, -0.05) is 44.2 Å². The molecule has 4 N–H and O–H groups in total. The molecule has 0 amide bonds. The molecule has 2 aromatic carbocycles. The molecule has 1 saturated heterocycles. The second-order valence-corrected chi connectivity index (χ2v) is 8.19. The number of rotatable bonds is 6. The minimum atomic E-state index is -1.48. The highest BCUT2D eigenvalue weighted by Crippen LogP contribution is 2.36. The first-order chi connectivity index (χ1) is 14.8. The predicted octanol–water partition coefficient (Wildman–Crippen LogP) is 1.80. The van der Waals surface area contributed by atoms with Gasteiger partial charge in [0.25, 0.3) is 0 Å². The second-order valence-electron chi connectivity index (χ2n) is 8.19. The van der Waals surface area contributed by atoms with Gasteiger partial charge < -0.3 is 29.9 Å². The summed E-state index contributed by atoms with van der Waals surface area (Å²) in [5.74, 6) is 0.740. The van der Waals surface area contributed by atoms with Crippen molar-refractivity contribution in [2.45, 2.75) is 56.7 Å². The summed E-state index contributed by atoms with van der Waals surface area (Å²) in [6.45, 7) is 3.74. The fraction of sp³-hybridized carbons (Fsp3) is 0.458. The van der Waals surface area contributed by atoms with E-state index in [1.807, 2.05) is 12.1 Å². The summed E-state index contributed by atoms with van der Waals surface area (Å²) in [5, 5.41) is 49.9. The zero-order chi connectivity index (χ0) is 22.7. The Morgan fingerprint density at radius 2 is 1.74 bits per heavy atom. The normalized spacial score (nSPS) is 26.0. The third-order valence-electron chi connectivity index (χ3n) is 5.80. The van der Waals surface area contributed by atoms with E-state index >= 15 is 0 Å². The van der Waals surface area contributed by atoms with Crippen LogP contribution in [0.25, 0.3) is 0 Å². The number of benzene rings is 2. The van der Waals surface area contributed by atoms with E-state index in [4.69, 9.17) is 9.47 Å². The fourth-order valence-electron chi connectivity index (χ4n) is 3.91. The molecule has 0 aromatic heterocycles. The molecule has 1 fully saturated rings. The van der Waals surface area contributed by atoms with E-state index in [1.54, 1.807) is 12.1 Å². The molecule has 1 heterocycles. The number of hydrogen-bond donors (Lipinski definition) is 4. The van der Waals surface area contributed by atoms with E-state index in [0.717, 1.165) is 5.56 Å². The third kappa shape index (κ3) is 4.74. The maximum atomic E-state index is 10.5. The van der Waals surface area contributed by atoms with Crippen LogP contribution in [0.5, 0.6) is 5.75 Å². The van der Waals surface area contributed by atoms with Gasteiger partial charge in [0.05, 0.1) is 19.3 Å². The van der Waals surface area contributed by atoms with Crippen LogP contribution in [0.15, 0.2) is 36.4 Å². The van der Waals surface area contributed by atoms with Gasteiger partial charge in [-0.15, -0.1) is 0 Å². The average Bonchev–Trinajstić information content (AvgIpc) is 2.77. The van der Waals surface area contributed by atoms with Crippen LogP contribution in [0.4, 0.5) is 0 Å². The molecule has 166 valence electrons. The molecule has 3 rings (SSSR count). The van der Waals surface area contributed by atoms with E-state index < -0.39 is 37.1 Å². The number of aliphatic hydroxyl groups is 4. The monoisotopic (exact) mass is 427 g/mol. The van der Waals surface area contributed by atoms with Crippen LogP contribution in [0.3, 0.4) is 0 Å². The number of methoxy groups -OCH3 is 1. The fourth-order valence-corrected chi connectivity index (χ4v) is 3.91. The Hall–Kier alpha value is -2.47. The molecule has 1 aliphatic heterocycles. The topological polar surface area (TPSA) is 123 Å². The van der Waals surface area contributed by atoms with E-state index in [-0.39, 0.29) is 0 Å². The Balaban J connectivity index is 2.00. The summed E-state index contributed by atoms with van der Waals surface area (Å²) >= 11 is 0. The van der Waals surface area contributed by atoms with Crippen molar-refractivity contribution in [2.24, 2.45) is 0 Å². The summed E-state index contributed by atoms with van der Waals surface area (Å²) in [5.41, 5.74) is 3.78. The molecular formula is C24H29NO6. The molecule has 2 aromatic rings. The van der Waals surface area contributed by atoms with Gasteiger partial charge in [0.2, 0.25) is 0 Å². The molecule has 0 spiro atoms. The van der Waals surface area contributed by atoms with Crippen molar-refractivity contribution < 1.29 is 29.9 Å². The van der Waals surface area contributed by atoms with Gasteiger partial charge in [-0.3, -0.25) is 0 Å². The highest BCUT2D eigenvalue weighted by molar-refractivity contribution is 5.53. The highest BCUT2D eigenvalue weighted by atomic mass is 16.5. The number of nitrogens with zero attached hydrogens (tertiary/aromatic N) is 1. The van der Waals surface area contributed by atoms with E-state index in [2.05, 4.69) is 32.0 Å². The Morgan fingerprint density at radius 3 is 2.29 bits per heavy atom. The van der Waals surface area contributed by atoms with Crippen molar-refractivity contribution >= 4 is 0 Å². The summed E-state index contributed by atoms with van der Waals surface area (Å²) in [6.07, 6.45) is -5.88. The summed E-state index contributed by atoms with van der Waals surface area (Å²) < 4.78 is 11.1. The Kier molecular flexibility index (Phi) is 7.31. The molecule has 0 aliphatic carbocycles. The molecular weight excluding hydrogens is 398 g/mol. The zero-order valence-corrected chi connectivity index (χ0v) is 17.9. The SMILES string of the molecule is COc1cc([C@@H]2O[C@H](CO)[C@@H](O)[C@H](O)[C@H]2O)cc(Cc2ccc(C(C)C)cc2)c1C#N. The van der Waals surface area contributed by atoms with Crippen molar-refractivity contribution in [1.29, 1.82) is 5.26 Å². The van der Waals surface area contributed by atoms with E-state index in [1.165, 1.54) is 12.7 Å². The van der Waals surface area contributed by atoms with Crippen LogP contribution in [0, 0.1) is 11.3 Å². The van der Waals surface area contributed by atoms with Crippen molar-refractivity contribution in [2.75, 3.05) is 13.7 Å².